The van der Waals surface area contributed by atoms with E-state index in [0.29, 0.717) is 10.9 Å². The molecule has 0 atom stereocenters. The van der Waals surface area contributed by atoms with E-state index in [2.05, 4.69) is 10.2 Å². The number of rotatable bonds is 4. The van der Waals surface area contributed by atoms with Crippen molar-refractivity contribution < 1.29 is 0 Å². The van der Waals surface area contributed by atoms with Gasteiger partial charge in [0.05, 0.1) is 5.75 Å². The summed E-state index contributed by atoms with van der Waals surface area (Å²) in [6.07, 6.45) is 0. The second-order valence-electron chi connectivity index (χ2n) is 3.09. The van der Waals surface area contributed by atoms with Crippen molar-refractivity contribution in [2.45, 2.75) is 25.0 Å². The Bertz CT molecular complexity index is 380. The van der Waals surface area contributed by atoms with Crippen molar-refractivity contribution in [2.24, 2.45) is 5.73 Å². The van der Waals surface area contributed by atoms with Gasteiger partial charge in [-0.3, -0.25) is 9.98 Å². The molecule has 0 amide bonds. The number of amidine groups is 1. The molecule has 0 spiro atoms. The molecule has 1 aromatic rings. The van der Waals surface area contributed by atoms with Gasteiger partial charge in [-0.05, 0) is 13.8 Å². The zero-order valence-corrected chi connectivity index (χ0v) is 8.89. The van der Waals surface area contributed by atoms with Crippen LogP contribution in [0, 0.1) is 5.41 Å². The minimum Gasteiger partial charge on any atom is -0.387 e. The fourth-order valence-corrected chi connectivity index (χ4v) is 1.82. The number of nitrogens with two attached hydrogens (primary N) is 1. The van der Waals surface area contributed by atoms with Gasteiger partial charge in [0.15, 0.2) is 5.16 Å². The summed E-state index contributed by atoms with van der Waals surface area (Å²) in [5.74, 6) is 0.414. The second-order valence-corrected chi connectivity index (χ2v) is 4.03. The molecule has 14 heavy (non-hydrogen) atoms. The maximum atomic E-state index is 11.3. The molecule has 0 aliphatic heterocycles. The van der Waals surface area contributed by atoms with Gasteiger partial charge in [0.1, 0.15) is 5.84 Å². The first kappa shape index (κ1) is 10.8. The molecule has 7 heteroatoms. The van der Waals surface area contributed by atoms with E-state index in [9.17, 15) is 4.79 Å². The largest absolute Gasteiger partial charge is 0.387 e. The van der Waals surface area contributed by atoms with E-state index in [1.807, 2.05) is 13.8 Å². The van der Waals surface area contributed by atoms with E-state index in [1.165, 1.54) is 16.3 Å². The van der Waals surface area contributed by atoms with Gasteiger partial charge in [-0.1, -0.05) is 11.8 Å². The molecule has 0 unspecified atom stereocenters. The SMILES string of the molecule is CC(C)n1c(SCC(=N)N)n[nH]c1=O. The summed E-state index contributed by atoms with van der Waals surface area (Å²) in [7, 11) is 0. The maximum absolute atomic E-state index is 11.3. The number of nitrogens with one attached hydrogen (secondary N) is 2. The van der Waals surface area contributed by atoms with Crippen molar-refractivity contribution in [1.82, 2.24) is 14.8 Å². The van der Waals surface area contributed by atoms with Crippen LogP contribution in [0.25, 0.3) is 0 Å². The number of hydrogen-bond donors (Lipinski definition) is 3. The minimum absolute atomic E-state index is 0.0516. The van der Waals surface area contributed by atoms with Crippen LogP contribution in [-0.4, -0.2) is 26.4 Å². The van der Waals surface area contributed by atoms with Crippen LogP contribution >= 0.6 is 11.8 Å². The molecule has 0 saturated carbocycles. The average molecular weight is 215 g/mol. The molecular weight excluding hydrogens is 202 g/mol. The highest BCUT2D eigenvalue weighted by Gasteiger charge is 2.11. The lowest BCUT2D eigenvalue weighted by Crippen LogP contribution is -2.20. The quantitative estimate of drug-likeness (QED) is 0.379. The van der Waals surface area contributed by atoms with Crippen LogP contribution in [0.2, 0.25) is 0 Å². The van der Waals surface area contributed by atoms with Gasteiger partial charge in [0.2, 0.25) is 0 Å². The van der Waals surface area contributed by atoms with E-state index >= 15 is 0 Å². The monoisotopic (exact) mass is 215 g/mol. The van der Waals surface area contributed by atoms with Gasteiger partial charge in [-0.25, -0.2) is 9.89 Å². The van der Waals surface area contributed by atoms with Gasteiger partial charge in [-0.2, -0.15) is 0 Å². The molecule has 6 nitrogen and oxygen atoms in total. The molecule has 0 bridgehead atoms. The molecule has 78 valence electrons. The third-order valence-corrected chi connectivity index (χ3v) is 2.55. The number of H-pyrrole nitrogens is 1. The molecule has 1 aromatic heterocycles. The highest BCUT2D eigenvalue weighted by atomic mass is 32.2. The molecule has 0 radical (unpaired) electrons. The van der Waals surface area contributed by atoms with Crippen LogP contribution < -0.4 is 11.4 Å². The van der Waals surface area contributed by atoms with Crippen molar-refractivity contribution in [2.75, 3.05) is 5.75 Å². The highest BCUT2D eigenvalue weighted by Crippen LogP contribution is 2.15. The Morgan fingerprint density at radius 1 is 1.79 bits per heavy atom. The number of aromatic nitrogens is 3. The van der Waals surface area contributed by atoms with Crippen LogP contribution in [0.1, 0.15) is 19.9 Å². The summed E-state index contributed by atoms with van der Waals surface area (Å²) in [6, 6.07) is 0.0516. The lowest BCUT2D eigenvalue weighted by molar-refractivity contribution is 0.534. The summed E-state index contributed by atoms with van der Waals surface area (Å²) in [5, 5.41) is 13.8. The summed E-state index contributed by atoms with van der Waals surface area (Å²) in [4.78, 5) is 11.3. The predicted molar refractivity (Wildman–Crippen MR) is 55.9 cm³/mol. The number of hydrogen-bond acceptors (Lipinski definition) is 4. The van der Waals surface area contributed by atoms with Gasteiger partial charge < -0.3 is 5.73 Å². The maximum Gasteiger partial charge on any atom is 0.344 e. The van der Waals surface area contributed by atoms with Crippen molar-refractivity contribution in [3.05, 3.63) is 10.5 Å². The van der Waals surface area contributed by atoms with Gasteiger partial charge >= 0.3 is 5.69 Å². The Morgan fingerprint density at radius 3 is 2.93 bits per heavy atom. The van der Waals surface area contributed by atoms with Crippen LogP contribution in [0.15, 0.2) is 9.95 Å². The number of thioether (sulfide) groups is 1. The zero-order chi connectivity index (χ0) is 10.7. The Balaban J connectivity index is 2.87. The third-order valence-electron chi connectivity index (χ3n) is 1.55. The van der Waals surface area contributed by atoms with Crippen molar-refractivity contribution in [3.8, 4) is 0 Å². The molecule has 0 aliphatic carbocycles. The molecule has 0 fully saturated rings. The molecule has 0 aliphatic rings. The predicted octanol–water partition coefficient (Wildman–Crippen LogP) is 0.180. The van der Waals surface area contributed by atoms with Gasteiger partial charge in [0.25, 0.3) is 0 Å². The smallest absolute Gasteiger partial charge is 0.344 e. The van der Waals surface area contributed by atoms with E-state index in [0.717, 1.165) is 0 Å². The standard InChI is InChI=1S/C7H13N5OS/c1-4(2)12-6(13)10-11-7(12)14-3-5(8)9/h4H,3H2,1-2H3,(H3,8,9)(H,10,13). The molecule has 4 N–H and O–H groups in total. The second kappa shape index (κ2) is 4.32. The van der Waals surface area contributed by atoms with Gasteiger partial charge in [-0.15, -0.1) is 5.10 Å². The number of aromatic amines is 1. The Hall–Kier alpha value is -1.24. The van der Waals surface area contributed by atoms with E-state index < -0.39 is 0 Å². The highest BCUT2D eigenvalue weighted by molar-refractivity contribution is 7.99. The van der Waals surface area contributed by atoms with Gasteiger partial charge in [0, 0.05) is 6.04 Å². The van der Waals surface area contributed by atoms with E-state index in [1.54, 1.807) is 0 Å². The first-order chi connectivity index (χ1) is 6.52. The lowest BCUT2D eigenvalue weighted by Gasteiger charge is -2.07. The molecule has 1 heterocycles. The zero-order valence-electron chi connectivity index (χ0n) is 8.07. The van der Waals surface area contributed by atoms with Crippen LogP contribution in [0.5, 0.6) is 0 Å². The van der Waals surface area contributed by atoms with Crippen LogP contribution in [0.3, 0.4) is 0 Å². The Kier molecular flexibility index (Phi) is 3.34. The summed E-state index contributed by atoms with van der Waals surface area (Å²) in [6.45, 7) is 3.80. The third kappa shape index (κ3) is 2.38. The topological polar surface area (TPSA) is 101 Å². The number of nitrogens with zero attached hydrogens (tertiary/aromatic N) is 2. The first-order valence-electron chi connectivity index (χ1n) is 4.15. The first-order valence-corrected chi connectivity index (χ1v) is 5.13. The minimum atomic E-state index is -0.231. The summed E-state index contributed by atoms with van der Waals surface area (Å²) < 4.78 is 1.54. The normalized spacial score (nSPS) is 10.8. The fourth-order valence-electron chi connectivity index (χ4n) is 0.990. The Morgan fingerprint density at radius 2 is 2.43 bits per heavy atom. The molecule has 0 saturated heterocycles. The summed E-state index contributed by atoms with van der Waals surface area (Å²) in [5.41, 5.74) is 4.98. The lowest BCUT2D eigenvalue weighted by atomic mass is 10.4. The van der Waals surface area contributed by atoms with Crippen molar-refractivity contribution in [3.63, 3.8) is 0 Å². The van der Waals surface area contributed by atoms with Crippen molar-refractivity contribution in [1.29, 1.82) is 5.41 Å². The summed E-state index contributed by atoms with van der Waals surface area (Å²) >= 11 is 1.28. The van der Waals surface area contributed by atoms with Crippen molar-refractivity contribution >= 4 is 17.6 Å². The average Bonchev–Trinajstić information content (AvgIpc) is 2.43. The fraction of sp³-hybridized carbons (Fsp3) is 0.571. The molecular formula is C7H13N5OS. The van der Waals surface area contributed by atoms with Crippen LogP contribution in [0.4, 0.5) is 0 Å². The van der Waals surface area contributed by atoms with E-state index in [-0.39, 0.29) is 17.6 Å². The van der Waals surface area contributed by atoms with E-state index in [4.69, 9.17) is 11.1 Å². The molecule has 0 aromatic carbocycles. The molecule has 1 rings (SSSR count). The Labute approximate surface area is 85.4 Å². The van der Waals surface area contributed by atoms with Crippen LogP contribution in [-0.2, 0) is 0 Å².